The molecular weight excluding hydrogens is 514 g/mol. The summed E-state index contributed by atoms with van der Waals surface area (Å²) in [6, 6.07) is 13.1. The SMILES string of the molecule is COc1cc(/C=C2\C(=O)NC(=O)N(c3ccc(C)c(C)c3)C2=O)cc(Cl)c1OCc1ccc([N+](=O)[O-])cc1. The first-order valence-corrected chi connectivity index (χ1v) is 11.7. The monoisotopic (exact) mass is 535 g/mol. The molecule has 0 aliphatic carbocycles. The van der Waals surface area contributed by atoms with Crippen LogP contribution in [0.2, 0.25) is 5.02 Å². The van der Waals surface area contributed by atoms with Gasteiger partial charge in [-0.05, 0) is 78.6 Å². The fraction of sp³-hybridized carbons (Fsp3) is 0.148. The Bertz CT molecular complexity index is 1500. The highest BCUT2D eigenvalue weighted by Gasteiger charge is 2.37. The molecule has 3 aromatic carbocycles. The lowest BCUT2D eigenvalue weighted by molar-refractivity contribution is -0.384. The van der Waals surface area contributed by atoms with Gasteiger partial charge in [0.1, 0.15) is 12.2 Å². The van der Waals surface area contributed by atoms with Gasteiger partial charge < -0.3 is 9.47 Å². The van der Waals surface area contributed by atoms with Crippen molar-refractivity contribution < 1.29 is 28.8 Å². The van der Waals surface area contributed by atoms with Gasteiger partial charge in [-0.15, -0.1) is 0 Å². The van der Waals surface area contributed by atoms with Crippen LogP contribution in [0.3, 0.4) is 0 Å². The Morgan fingerprint density at radius 3 is 2.37 bits per heavy atom. The minimum Gasteiger partial charge on any atom is -0.493 e. The number of hydrogen-bond acceptors (Lipinski definition) is 7. The van der Waals surface area contributed by atoms with Crippen LogP contribution in [0.15, 0.2) is 60.2 Å². The predicted octanol–water partition coefficient (Wildman–Crippen LogP) is 5.12. The zero-order chi connectivity index (χ0) is 27.6. The number of aryl methyl sites for hydroxylation is 2. The van der Waals surface area contributed by atoms with Gasteiger partial charge in [-0.1, -0.05) is 17.7 Å². The number of halogens is 1. The van der Waals surface area contributed by atoms with Gasteiger partial charge in [0.25, 0.3) is 17.5 Å². The summed E-state index contributed by atoms with van der Waals surface area (Å²) in [5.74, 6) is -1.18. The van der Waals surface area contributed by atoms with E-state index in [0.717, 1.165) is 16.0 Å². The Hall–Kier alpha value is -4.70. The molecule has 1 heterocycles. The average molecular weight is 536 g/mol. The van der Waals surface area contributed by atoms with Gasteiger partial charge in [0.05, 0.1) is 22.7 Å². The molecule has 0 bridgehead atoms. The highest BCUT2D eigenvalue weighted by Crippen LogP contribution is 2.38. The summed E-state index contributed by atoms with van der Waals surface area (Å²) in [7, 11) is 1.40. The Balaban J connectivity index is 1.61. The molecule has 38 heavy (non-hydrogen) atoms. The van der Waals surface area contributed by atoms with Gasteiger partial charge in [0.2, 0.25) is 0 Å². The van der Waals surface area contributed by atoms with Crippen molar-refractivity contribution in [2.75, 3.05) is 12.0 Å². The highest BCUT2D eigenvalue weighted by atomic mass is 35.5. The van der Waals surface area contributed by atoms with E-state index in [9.17, 15) is 24.5 Å². The summed E-state index contributed by atoms with van der Waals surface area (Å²) in [6.07, 6.45) is 1.31. The van der Waals surface area contributed by atoms with Gasteiger partial charge >= 0.3 is 6.03 Å². The molecule has 1 N–H and O–H groups in total. The summed E-state index contributed by atoms with van der Waals surface area (Å²) in [4.78, 5) is 49.5. The molecule has 1 aliphatic rings. The first-order chi connectivity index (χ1) is 18.1. The number of imide groups is 2. The van der Waals surface area contributed by atoms with Crippen molar-refractivity contribution >= 4 is 46.9 Å². The number of amides is 4. The molecule has 1 aliphatic heterocycles. The van der Waals surface area contributed by atoms with E-state index in [0.29, 0.717) is 16.8 Å². The molecule has 0 aromatic heterocycles. The number of hydrogen-bond donors (Lipinski definition) is 1. The average Bonchev–Trinajstić information content (AvgIpc) is 2.87. The van der Waals surface area contributed by atoms with E-state index in [1.165, 1.54) is 37.5 Å². The summed E-state index contributed by atoms with van der Waals surface area (Å²) < 4.78 is 11.2. The molecule has 0 spiro atoms. The molecule has 0 unspecified atom stereocenters. The summed E-state index contributed by atoms with van der Waals surface area (Å²) in [6.45, 7) is 3.82. The molecule has 10 nitrogen and oxygen atoms in total. The molecule has 0 radical (unpaired) electrons. The van der Waals surface area contributed by atoms with Crippen molar-refractivity contribution in [2.45, 2.75) is 20.5 Å². The minimum absolute atomic E-state index is 0.0409. The number of carbonyl (C=O) groups excluding carboxylic acids is 3. The normalized spacial score (nSPS) is 14.5. The van der Waals surface area contributed by atoms with Crippen LogP contribution in [-0.4, -0.2) is 29.9 Å². The van der Waals surface area contributed by atoms with Crippen LogP contribution in [0.4, 0.5) is 16.2 Å². The Labute approximate surface area is 222 Å². The van der Waals surface area contributed by atoms with Crippen LogP contribution >= 0.6 is 11.6 Å². The zero-order valence-electron chi connectivity index (χ0n) is 20.6. The lowest BCUT2D eigenvalue weighted by Gasteiger charge is -2.27. The second-order valence-corrected chi connectivity index (χ2v) is 8.88. The number of carbonyl (C=O) groups is 3. The van der Waals surface area contributed by atoms with Gasteiger partial charge in [-0.2, -0.15) is 0 Å². The molecule has 4 rings (SSSR count). The van der Waals surface area contributed by atoms with Crippen LogP contribution in [0.5, 0.6) is 11.5 Å². The van der Waals surface area contributed by atoms with E-state index in [2.05, 4.69) is 5.32 Å². The van der Waals surface area contributed by atoms with Crippen molar-refractivity contribution in [3.63, 3.8) is 0 Å². The number of nitro benzene ring substituents is 1. The molecule has 0 atom stereocenters. The van der Waals surface area contributed by atoms with Crippen LogP contribution < -0.4 is 19.7 Å². The molecule has 3 aromatic rings. The van der Waals surface area contributed by atoms with Gasteiger partial charge in [0, 0.05) is 12.1 Å². The van der Waals surface area contributed by atoms with Crippen molar-refractivity contribution in [3.05, 3.63) is 97.6 Å². The van der Waals surface area contributed by atoms with E-state index < -0.39 is 22.8 Å². The van der Waals surface area contributed by atoms with Crippen molar-refractivity contribution in [2.24, 2.45) is 0 Å². The number of nitrogens with one attached hydrogen (secondary N) is 1. The second kappa shape index (κ2) is 10.7. The number of ether oxygens (including phenoxy) is 2. The van der Waals surface area contributed by atoms with E-state index in [-0.39, 0.29) is 34.4 Å². The molecule has 4 amide bonds. The third-order valence-corrected chi connectivity index (χ3v) is 6.22. The summed E-state index contributed by atoms with van der Waals surface area (Å²) in [5, 5.41) is 13.2. The maximum absolute atomic E-state index is 13.2. The van der Waals surface area contributed by atoms with Gasteiger partial charge in [0.15, 0.2) is 11.5 Å². The zero-order valence-corrected chi connectivity index (χ0v) is 21.4. The number of methoxy groups -OCH3 is 1. The number of anilines is 1. The second-order valence-electron chi connectivity index (χ2n) is 8.47. The van der Waals surface area contributed by atoms with Crippen LogP contribution in [0, 0.1) is 24.0 Å². The number of barbiturate groups is 1. The Morgan fingerprint density at radius 2 is 1.74 bits per heavy atom. The molecule has 1 fully saturated rings. The van der Waals surface area contributed by atoms with Crippen LogP contribution in [0.25, 0.3) is 6.08 Å². The standard InChI is InChI=1S/C27H22ClN3O7/c1-15-4-7-20(10-16(15)2)30-26(33)21(25(32)29-27(30)34)11-18-12-22(28)24(23(13-18)37-3)38-14-17-5-8-19(9-6-17)31(35)36/h4-13H,14H2,1-3H3,(H,29,32,34)/b21-11+. The first-order valence-electron chi connectivity index (χ1n) is 11.3. The van der Waals surface area contributed by atoms with E-state index in [1.807, 2.05) is 13.8 Å². The first kappa shape index (κ1) is 26.4. The predicted molar refractivity (Wildman–Crippen MR) is 140 cm³/mol. The topological polar surface area (TPSA) is 128 Å². The van der Waals surface area contributed by atoms with E-state index >= 15 is 0 Å². The Kier molecular flexibility index (Phi) is 7.45. The fourth-order valence-corrected chi connectivity index (χ4v) is 4.03. The third kappa shape index (κ3) is 5.35. The molecule has 194 valence electrons. The van der Waals surface area contributed by atoms with Crippen molar-refractivity contribution in [1.82, 2.24) is 5.32 Å². The van der Waals surface area contributed by atoms with Crippen LogP contribution in [0.1, 0.15) is 22.3 Å². The van der Waals surface area contributed by atoms with E-state index in [4.69, 9.17) is 21.1 Å². The maximum Gasteiger partial charge on any atom is 0.335 e. The number of rotatable bonds is 7. The summed E-state index contributed by atoms with van der Waals surface area (Å²) >= 11 is 6.44. The van der Waals surface area contributed by atoms with Gasteiger partial charge in [-0.3, -0.25) is 25.0 Å². The Morgan fingerprint density at radius 1 is 1.03 bits per heavy atom. The summed E-state index contributed by atoms with van der Waals surface area (Å²) in [5.41, 5.74) is 2.93. The molecular formula is C27H22ClN3O7. The number of nitro groups is 1. The van der Waals surface area contributed by atoms with Crippen LogP contribution in [-0.2, 0) is 16.2 Å². The third-order valence-electron chi connectivity index (χ3n) is 5.94. The maximum atomic E-state index is 13.2. The highest BCUT2D eigenvalue weighted by molar-refractivity contribution is 6.39. The van der Waals surface area contributed by atoms with Crippen molar-refractivity contribution in [1.29, 1.82) is 0 Å². The lowest BCUT2D eigenvalue weighted by atomic mass is 10.0. The number of urea groups is 1. The van der Waals surface area contributed by atoms with Crippen molar-refractivity contribution in [3.8, 4) is 11.5 Å². The largest absolute Gasteiger partial charge is 0.493 e. The molecule has 1 saturated heterocycles. The number of non-ortho nitro benzene ring substituents is 1. The molecule has 11 heteroatoms. The number of benzene rings is 3. The van der Waals surface area contributed by atoms with Gasteiger partial charge in [-0.25, -0.2) is 9.69 Å². The minimum atomic E-state index is -0.842. The molecule has 0 saturated carbocycles. The quantitative estimate of drug-likeness (QED) is 0.192. The smallest absolute Gasteiger partial charge is 0.335 e. The lowest BCUT2D eigenvalue weighted by Crippen LogP contribution is -2.54. The fourth-order valence-electron chi connectivity index (χ4n) is 3.76. The number of nitrogens with zero attached hydrogens (tertiary/aromatic N) is 2. The van der Waals surface area contributed by atoms with E-state index in [1.54, 1.807) is 30.3 Å².